The van der Waals surface area contributed by atoms with E-state index in [0.717, 1.165) is 25.7 Å². The Kier molecular flexibility index (Phi) is 6.35. The van der Waals surface area contributed by atoms with Crippen LogP contribution in [0.3, 0.4) is 0 Å². The van der Waals surface area contributed by atoms with E-state index in [2.05, 4.69) is 29.5 Å². The first-order chi connectivity index (χ1) is 15.9. The van der Waals surface area contributed by atoms with Gasteiger partial charge < -0.3 is 19.5 Å². The zero-order valence-corrected chi connectivity index (χ0v) is 19.6. The molecule has 2 N–H and O–H groups in total. The Labute approximate surface area is 194 Å². The predicted octanol–water partition coefficient (Wildman–Crippen LogP) is 3.82. The fourth-order valence-electron chi connectivity index (χ4n) is 6.13. The van der Waals surface area contributed by atoms with Crippen molar-refractivity contribution in [1.29, 1.82) is 0 Å². The number of urea groups is 1. The van der Waals surface area contributed by atoms with E-state index in [0.29, 0.717) is 37.2 Å². The monoisotopic (exact) mass is 461 g/mol. The van der Waals surface area contributed by atoms with E-state index in [1.165, 1.54) is 0 Å². The second-order valence-corrected chi connectivity index (χ2v) is 10.1. The summed E-state index contributed by atoms with van der Waals surface area (Å²) in [6.07, 6.45) is 5.43. The Morgan fingerprint density at radius 1 is 1.21 bits per heavy atom. The lowest BCUT2D eigenvalue weighted by Gasteiger charge is -2.60. The lowest BCUT2D eigenvalue weighted by atomic mass is 9.58. The van der Waals surface area contributed by atoms with Crippen molar-refractivity contribution in [2.45, 2.75) is 76.8 Å². The number of hydrogen-bond acceptors (Lipinski definition) is 7. The molecule has 4 aliphatic heterocycles. The molecule has 1 saturated carbocycles. The van der Waals surface area contributed by atoms with E-state index in [4.69, 9.17) is 24.0 Å². The van der Waals surface area contributed by atoms with Gasteiger partial charge in [0, 0.05) is 31.0 Å². The zero-order chi connectivity index (χ0) is 23.1. The van der Waals surface area contributed by atoms with Gasteiger partial charge in [-0.25, -0.2) is 19.6 Å². The SMILES string of the molecule is C[C@H]1[C@H](OCCCNC(=O)Nc2ccccn2)O[C@@H]2O[C@]3(C)CC[C@H]4[C@H](C)CC[C@@H]1[C@@]24OO3. The number of aromatic nitrogens is 1. The highest BCUT2D eigenvalue weighted by Gasteiger charge is 2.69. The molecule has 1 aromatic heterocycles. The van der Waals surface area contributed by atoms with Gasteiger partial charge in [0.2, 0.25) is 5.79 Å². The van der Waals surface area contributed by atoms with Crippen LogP contribution in [0.2, 0.25) is 0 Å². The summed E-state index contributed by atoms with van der Waals surface area (Å²) in [5, 5.41) is 5.53. The fraction of sp³-hybridized carbons (Fsp3) is 0.750. The highest BCUT2D eigenvalue weighted by Crippen LogP contribution is 2.60. The molecule has 0 radical (unpaired) electrons. The first kappa shape index (κ1) is 23.0. The molecule has 1 aromatic rings. The van der Waals surface area contributed by atoms with Gasteiger partial charge in [0.05, 0.1) is 6.61 Å². The lowest BCUT2D eigenvalue weighted by molar-refractivity contribution is -0.577. The number of pyridine rings is 1. The molecule has 0 aromatic carbocycles. The molecule has 1 aliphatic carbocycles. The van der Waals surface area contributed by atoms with Crippen LogP contribution in [0.4, 0.5) is 10.6 Å². The lowest BCUT2D eigenvalue weighted by Crippen LogP contribution is -2.70. The summed E-state index contributed by atoms with van der Waals surface area (Å²) < 4.78 is 18.9. The quantitative estimate of drug-likeness (QED) is 0.491. The van der Waals surface area contributed by atoms with Gasteiger partial charge in [0.15, 0.2) is 18.2 Å². The summed E-state index contributed by atoms with van der Waals surface area (Å²) in [4.78, 5) is 28.1. The summed E-state index contributed by atoms with van der Waals surface area (Å²) in [5.41, 5.74) is -0.571. The molecule has 5 aliphatic rings. The number of anilines is 1. The summed E-state index contributed by atoms with van der Waals surface area (Å²) in [6, 6.07) is 5.08. The third-order valence-electron chi connectivity index (χ3n) is 7.89. The number of fused-ring (bicyclic) bond motifs is 2. The summed E-state index contributed by atoms with van der Waals surface area (Å²) in [7, 11) is 0. The second-order valence-electron chi connectivity index (χ2n) is 10.1. The number of nitrogens with one attached hydrogen (secondary N) is 2. The molecule has 2 bridgehead atoms. The van der Waals surface area contributed by atoms with Crippen molar-refractivity contribution in [2.24, 2.45) is 23.7 Å². The Morgan fingerprint density at radius 2 is 2.09 bits per heavy atom. The topological polar surface area (TPSA) is 100 Å². The Morgan fingerprint density at radius 3 is 2.91 bits per heavy atom. The maximum atomic E-state index is 12.0. The molecule has 9 nitrogen and oxygen atoms in total. The number of nitrogens with zero attached hydrogens (tertiary/aromatic N) is 1. The highest BCUT2D eigenvalue weighted by atomic mass is 17.3. The molecule has 4 saturated heterocycles. The molecular weight excluding hydrogens is 426 g/mol. The van der Waals surface area contributed by atoms with Crippen LogP contribution in [0.5, 0.6) is 0 Å². The Balaban J connectivity index is 1.16. The van der Waals surface area contributed by atoms with E-state index >= 15 is 0 Å². The number of hydrogen-bond donors (Lipinski definition) is 2. The van der Waals surface area contributed by atoms with Crippen molar-refractivity contribution in [3.05, 3.63) is 24.4 Å². The van der Waals surface area contributed by atoms with Crippen LogP contribution in [0.25, 0.3) is 0 Å². The number of carbonyl (C=O) groups excluding carboxylic acids is 1. The van der Waals surface area contributed by atoms with Gasteiger partial charge in [-0.15, -0.1) is 0 Å². The van der Waals surface area contributed by atoms with Crippen LogP contribution in [0.15, 0.2) is 24.4 Å². The number of amides is 2. The molecule has 5 fully saturated rings. The first-order valence-electron chi connectivity index (χ1n) is 12.2. The molecule has 33 heavy (non-hydrogen) atoms. The molecule has 9 heteroatoms. The van der Waals surface area contributed by atoms with Crippen LogP contribution in [0.1, 0.15) is 52.9 Å². The van der Waals surface area contributed by atoms with Crippen LogP contribution in [0, 0.1) is 23.7 Å². The predicted molar refractivity (Wildman–Crippen MR) is 119 cm³/mol. The molecular formula is C24H35N3O6. The Bertz CT molecular complexity index is 843. The smallest absolute Gasteiger partial charge is 0.320 e. The molecule has 8 atom stereocenters. The average molecular weight is 462 g/mol. The van der Waals surface area contributed by atoms with Crippen LogP contribution < -0.4 is 10.6 Å². The molecule has 5 heterocycles. The van der Waals surface area contributed by atoms with Crippen LogP contribution >= 0.6 is 0 Å². The normalized spacial score (nSPS) is 41.7. The first-order valence-corrected chi connectivity index (χ1v) is 12.2. The fourth-order valence-corrected chi connectivity index (χ4v) is 6.13. The zero-order valence-electron chi connectivity index (χ0n) is 19.6. The van der Waals surface area contributed by atoms with Gasteiger partial charge in [-0.1, -0.05) is 19.9 Å². The number of rotatable bonds is 6. The minimum Gasteiger partial charge on any atom is -0.352 e. The standard InChI is InChI=1S/C24H35N3O6/c1-15-8-9-18-16(2)20(29-14-6-13-26-22(28)27-19-7-4-5-12-25-19)30-21-24(18)17(15)10-11-23(3,31-21)32-33-24/h4-5,7,12,15-18,20-21H,6,8-11,13-14H2,1-3H3,(H2,25,26,27,28)/t15-,16-,17+,18+,20-,21-,23+,24-/m1/s1. The third-order valence-corrected chi connectivity index (χ3v) is 7.89. The summed E-state index contributed by atoms with van der Waals surface area (Å²) >= 11 is 0. The average Bonchev–Trinajstić information content (AvgIpc) is 3.03. The van der Waals surface area contributed by atoms with Gasteiger partial charge in [0.25, 0.3) is 0 Å². The summed E-state index contributed by atoms with van der Waals surface area (Å²) in [6.45, 7) is 7.37. The van der Waals surface area contributed by atoms with Gasteiger partial charge in [-0.3, -0.25) is 5.32 Å². The number of ether oxygens (including phenoxy) is 3. The van der Waals surface area contributed by atoms with Crippen molar-refractivity contribution >= 4 is 11.8 Å². The molecule has 2 amide bonds. The molecule has 1 spiro atoms. The third kappa shape index (κ3) is 4.25. The van der Waals surface area contributed by atoms with Gasteiger partial charge >= 0.3 is 6.03 Å². The van der Waals surface area contributed by atoms with Crippen LogP contribution in [-0.2, 0) is 24.0 Å². The largest absolute Gasteiger partial charge is 0.352 e. The summed E-state index contributed by atoms with van der Waals surface area (Å²) in [5.74, 6) is 0.998. The van der Waals surface area contributed by atoms with Crippen molar-refractivity contribution in [3.8, 4) is 0 Å². The molecule has 0 unspecified atom stereocenters. The minimum atomic E-state index is -0.784. The van der Waals surface area contributed by atoms with Crippen molar-refractivity contribution in [3.63, 3.8) is 0 Å². The minimum absolute atomic E-state index is 0.145. The van der Waals surface area contributed by atoms with Crippen molar-refractivity contribution < 1.29 is 28.8 Å². The van der Waals surface area contributed by atoms with Gasteiger partial charge in [-0.05, 0) is 56.6 Å². The number of carbonyl (C=O) groups is 1. The van der Waals surface area contributed by atoms with E-state index in [1.54, 1.807) is 18.3 Å². The van der Waals surface area contributed by atoms with Crippen molar-refractivity contribution in [2.75, 3.05) is 18.5 Å². The van der Waals surface area contributed by atoms with Gasteiger partial charge in [-0.2, -0.15) is 0 Å². The van der Waals surface area contributed by atoms with Gasteiger partial charge in [0.1, 0.15) is 5.82 Å². The van der Waals surface area contributed by atoms with Crippen LogP contribution in [-0.4, -0.2) is 48.1 Å². The maximum Gasteiger partial charge on any atom is 0.320 e. The highest BCUT2D eigenvalue weighted by molar-refractivity contribution is 5.88. The molecule has 182 valence electrons. The maximum absolute atomic E-state index is 12.0. The molecule has 6 rings (SSSR count). The van der Waals surface area contributed by atoms with E-state index in [-0.39, 0.29) is 24.2 Å². The van der Waals surface area contributed by atoms with E-state index in [1.807, 2.05) is 13.0 Å². The Hall–Kier alpha value is -1.78. The van der Waals surface area contributed by atoms with E-state index in [9.17, 15) is 4.79 Å². The van der Waals surface area contributed by atoms with E-state index < -0.39 is 17.7 Å². The second kappa shape index (κ2) is 9.11. The van der Waals surface area contributed by atoms with Crippen molar-refractivity contribution in [1.82, 2.24) is 10.3 Å².